The Morgan fingerprint density at radius 2 is 2.00 bits per heavy atom. The molecule has 2 rings (SSSR count). The van der Waals surface area contributed by atoms with Gasteiger partial charge in [0.2, 0.25) is 0 Å². The van der Waals surface area contributed by atoms with Gasteiger partial charge >= 0.3 is 0 Å². The summed E-state index contributed by atoms with van der Waals surface area (Å²) in [6, 6.07) is 4.64. The van der Waals surface area contributed by atoms with E-state index in [-0.39, 0.29) is 5.02 Å². The third kappa shape index (κ3) is 2.90. The molecule has 1 N–H and O–H groups in total. The molecule has 1 aromatic heterocycles. The molecule has 0 fully saturated rings. The molecule has 1 heterocycles. The second kappa shape index (κ2) is 6.18. The minimum absolute atomic E-state index is 0.101. The molecule has 0 saturated carbocycles. The van der Waals surface area contributed by atoms with Crippen molar-refractivity contribution >= 4 is 17.4 Å². The molecule has 0 aliphatic heterocycles. The fraction of sp³-hybridized carbons (Fsp3) is 0.333. The van der Waals surface area contributed by atoms with Gasteiger partial charge in [-0.2, -0.15) is 0 Å². The molecule has 0 radical (unpaired) electrons. The van der Waals surface area contributed by atoms with Crippen molar-refractivity contribution in [1.29, 1.82) is 0 Å². The highest BCUT2D eigenvalue weighted by atomic mass is 35.5. The molecular formula is C15H17ClFN3. The zero-order chi connectivity index (χ0) is 14.7. The molecule has 0 saturated heterocycles. The SMILES string of the molecule is CCNc1nc(CC)nc(-c2ccc(F)c(Cl)c2)c1C. The van der Waals surface area contributed by atoms with Gasteiger partial charge in [0.15, 0.2) is 0 Å². The average molecular weight is 294 g/mol. The highest BCUT2D eigenvalue weighted by Crippen LogP contribution is 2.29. The highest BCUT2D eigenvalue weighted by Gasteiger charge is 2.13. The average Bonchev–Trinajstić information content (AvgIpc) is 2.44. The molecule has 0 unspecified atom stereocenters. The summed E-state index contributed by atoms with van der Waals surface area (Å²) in [7, 11) is 0. The molecule has 0 amide bonds. The normalized spacial score (nSPS) is 10.7. The third-order valence-corrected chi connectivity index (χ3v) is 3.34. The fourth-order valence-electron chi connectivity index (χ4n) is 1.99. The summed E-state index contributed by atoms with van der Waals surface area (Å²) in [5.74, 6) is 1.14. The monoisotopic (exact) mass is 293 g/mol. The Hall–Kier alpha value is -1.68. The Morgan fingerprint density at radius 1 is 1.25 bits per heavy atom. The van der Waals surface area contributed by atoms with Crippen LogP contribution in [0.4, 0.5) is 10.2 Å². The van der Waals surface area contributed by atoms with Crippen LogP contribution in [-0.2, 0) is 6.42 Å². The Labute approximate surface area is 123 Å². The van der Waals surface area contributed by atoms with Crippen molar-refractivity contribution < 1.29 is 4.39 Å². The predicted octanol–water partition coefficient (Wildman–Crippen LogP) is 4.24. The Balaban J connectivity index is 2.59. The van der Waals surface area contributed by atoms with E-state index in [1.807, 2.05) is 20.8 Å². The van der Waals surface area contributed by atoms with Crippen molar-refractivity contribution in [2.75, 3.05) is 11.9 Å². The Bertz CT molecular complexity index is 629. The predicted molar refractivity (Wildman–Crippen MR) is 80.7 cm³/mol. The van der Waals surface area contributed by atoms with E-state index in [1.54, 1.807) is 12.1 Å². The first-order chi connectivity index (χ1) is 9.56. The minimum Gasteiger partial charge on any atom is -0.370 e. The quantitative estimate of drug-likeness (QED) is 0.916. The van der Waals surface area contributed by atoms with E-state index in [0.29, 0.717) is 0 Å². The molecule has 0 bridgehead atoms. The van der Waals surface area contributed by atoms with E-state index in [0.717, 1.165) is 41.4 Å². The van der Waals surface area contributed by atoms with Crippen LogP contribution in [0.1, 0.15) is 25.2 Å². The largest absolute Gasteiger partial charge is 0.370 e. The lowest BCUT2D eigenvalue weighted by Gasteiger charge is -2.13. The summed E-state index contributed by atoms with van der Waals surface area (Å²) in [5.41, 5.74) is 2.52. The zero-order valence-electron chi connectivity index (χ0n) is 11.8. The van der Waals surface area contributed by atoms with Crippen molar-refractivity contribution in [3.63, 3.8) is 0 Å². The van der Waals surface area contributed by atoms with Gasteiger partial charge in [-0.25, -0.2) is 14.4 Å². The third-order valence-electron chi connectivity index (χ3n) is 3.05. The van der Waals surface area contributed by atoms with Gasteiger partial charge in [-0.3, -0.25) is 0 Å². The molecular weight excluding hydrogens is 277 g/mol. The number of benzene rings is 1. The van der Waals surface area contributed by atoms with Gasteiger partial charge in [0, 0.05) is 24.1 Å². The lowest BCUT2D eigenvalue weighted by Crippen LogP contribution is -2.07. The van der Waals surface area contributed by atoms with Crippen LogP contribution >= 0.6 is 11.6 Å². The summed E-state index contributed by atoms with van der Waals surface area (Å²) < 4.78 is 13.3. The smallest absolute Gasteiger partial charge is 0.141 e. The zero-order valence-corrected chi connectivity index (χ0v) is 12.6. The standard InChI is InChI=1S/C15H17ClFN3/c1-4-13-19-14(9(3)15(20-13)18-5-2)10-6-7-12(17)11(16)8-10/h6-8H,4-5H2,1-3H3,(H,18,19,20). The first-order valence-electron chi connectivity index (χ1n) is 6.63. The Morgan fingerprint density at radius 3 is 2.60 bits per heavy atom. The van der Waals surface area contributed by atoms with E-state index in [2.05, 4.69) is 15.3 Å². The number of aryl methyl sites for hydroxylation is 1. The maximum Gasteiger partial charge on any atom is 0.141 e. The van der Waals surface area contributed by atoms with Gasteiger partial charge in [-0.1, -0.05) is 18.5 Å². The van der Waals surface area contributed by atoms with Gasteiger partial charge in [0.05, 0.1) is 10.7 Å². The fourth-order valence-corrected chi connectivity index (χ4v) is 2.17. The molecule has 0 atom stereocenters. The van der Waals surface area contributed by atoms with Crippen molar-refractivity contribution in [1.82, 2.24) is 9.97 Å². The van der Waals surface area contributed by atoms with Crippen molar-refractivity contribution in [2.24, 2.45) is 0 Å². The molecule has 1 aromatic carbocycles. The van der Waals surface area contributed by atoms with Gasteiger partial charge in [0.25, 0.3) is 0 Å². The molecule has 20 heavy (non-hydrogen) atoms. The van der Waals surface area contributed by atoms with E-state index in [9.17, 15) is 4.39 Å². The molecule has 0 spiro atoms. The van der Waals surface area contributed by atoms with Crippen LogP contribution in [0.2, 0.25) is 5.02 Å². The van der Waals surface area contributed by atoms with Gasteiger partial charge < -0.3 is 5.32 Å². The summed E-state index contributed by atoms with van der Waals surface area (Å²) >= 11 is 5.86. The summed E-state index contributed by atoms with van der Waals surface area (Å²) in [4.78, 5) is 9.02. The van der Waals surface area contributed by atoms with Crippen molar-refractivity contribution in [3.8, 4) is 11.3 Å². The highest BCUT2D eigenvalue weighted by molar-refractivity contribution is 6.31. The number of halogens is 2. The van der Waals surface area contributed by atoms with Crippen LogP contribution < -0.4 is 5.32 Å². The number of aromatic nitrogens is 2. The van der Waals surface area contributed by atoms with Crippen LogP contribution in [0, 0.1) is 12.7 Å². The minimum atomic E-state index is -0.426. The Kier molecular flexibility index (Phi) is 4.55. The first-order valence-corrected chi connectivity index (χ1v) is 7.01. The van der Waals surface area contributed by atoms with Crippen LogP contribution in [0.3, 0.4) is 0 Å². The molecule has 0 aliphatic rings. The van der Waals surface area contributed by atoms with Crippen LogP contribution in [0.5, 0.6) is 0 Å². The number of rotatable bonds is 4. The maximum atomic E-state index is 13.3. The van der Waals surface area contributed by atoms with E-state index >= 15 is 0 Å². The van der Waals surface area contributed by atoms with Gasteiger partial charge in [-0.15, -0.1) is 0 Å². The van der Waals surface area contributed by atoms with Crippen LogP contribution in [-0.4, -0.2) is 16.5 Å². The lowest BCUT2D eigenvalue weighted by atomic mass is 10.1. The van der Waals surface area contributed by atoms with Gasteiger partial charge in [-0.05, 0) is 32.0 Å². The van der Waals surface area contributed by atoms with Gasteiger partial charge in [0.1, 0.15) is 17.5 Å². The number of anilines is 1. The topological polar surface area (TPSA) is 37.8 Å². The van der Waals surface area contributed by atoms with E-state index in [1.165, 1.54) is 6.07 Å². The summed E-state index contributed by atoms with van der Waals surface area (Å²) in [6.45, 7) is 6.75. The lowest BCUT2D eigenvalue weighted by molar-refractivity contribution is 0.628. The maximum absolute atomic E-state index is 13.3. The number of hydrogen-bond donors (Lipinski definition) is 1. The van der Waals surface area contributed by atoms with E-state index < -0.39 is 5.82 Å². The number of nitrogens with one attached hydrogen (secondary N) is 1. The second-order valence-corrected chi connectivity index (χ2v) is 4.88. The first kappa shape index (κ1) is 14.7. The molecule has 2 aromatic rings. The second-order valence-electron chi connectivity index (χ2n) is 4.47. The van der Waals surface area contributed by atoms with E-state index in [4.69, 9.17) is 11.6 Å². The number of nitrogens with zero attached hydrogens (tertiary/aromatic N) is 2. The van der Waals surface area contributed by atoms with Crippen molar-refractivity contribution in [2.45, 2.75) is 27.2 Å². The summed E-state index contributed by atoms with van der Waals surface area (Å²) in [6.07, 6.45) is 0.737. The molecule has 0 aliphatic carbocycles. The van der Waals surface area contributed by atoms with Crippen molar-refractivity contribution in [3.05, 3.63) is 40.4 Å². The molecule has 3 nitrogen and oxygen atoms in total. The molecule has 5 heteroatoms. The summed E-state index contributed by atoms with van der Waals surface area (Å²) in [5, 5.41) is 3.33. The number of hydrogen-bond acceptors (Lipinski definition) is 3. The van der Waals surface area contributed by atoms with Crippen LogP contribution in [0.25, 0.3) is 11.3 Å². The van der Waals surface area contributed by atoms with Crippen LogP contribution in [0.15, 0.2) is 18.2 Å². The molecule has 106 valence electrons.